The van der Waals surface area contributed by atoms with Gasteiger partial charge in [-0.15, -0.1) is 5.10 Å². The number of aliphatic carboxylic acids is 1. The number of aromatic nitrogens is 4. The van der Waals surface area contributed by atoms with Crippen LogP contribution in [0.2, 0.25) is 10.0 Å². The molecule has 14 heteroatoms. The van der Waals surface area contributed by atoms with Crippen LogP contribution >= 0.6 is 46.7 Å². The Bertz CT molecular complexity index is 1210. The number of hydrogen-bond donors (Lipinski definition) is 2. The Balaban J connectivity index is 1.59. The zero-order valence-corrected chi connectivity index (χ0v) is 22.0. The maximum atomic E-state index is 12.9. The molecule has 0 spiro atoms. The molecule has 0 saturated carbocycles. The number of nitrogens with one attached hydrogen (secondary N) is 1. The summed E-state index contributed by atoms with van der Waals surface area (Å²) in [5, 5.41) is 23.5. The fraction of sp³-hybridized carbons (Fsp3) is 0.273. The standard InChI is InChI=1S/C22H21Cl2N5O5S2/c1-34-14-7-5-13(6-8-14)9-10-35-22(33)25-17(11-19(31)32)18(30)12-29-21(26-27-28-29)36-20-15(23)3-2-4-16(20)24/h2-8,17H,9-12H2,1H3,(H,25,33)(H,31,32). The number of carboxylic acids is 1. The topological polar surface area (TPSA) is 136 Å². The van der Waals surface area contributed by atoms with Crippen LogP contribution in [0.1, 0.15) is 12.0 Å². The molecule has 2 N–H and O–H groups in total. The van der Waals surface area contributed by atoms with Crippen LogP contribution in [0.3, 0.4) is 0 Å². The van der Waals surface area contributed by atoms with E-state index in [4.69, 9.17) is 27.9 Å². The Labute approximate surface area is 225 Å². The zero-order valence-electron chi connectivity index (χ0n) is 18.9. The summed E-state index contributed by atoms with van der Waals surface area (Å²) in [6.45, 7) is -0.355. The number of ether oxygens (including phenoxy) is 1. The predicted octanol–water partition coefficient (Wildman–Crippen LogP) is 4.24. The maximum absolute atomic E-state index is 12.9. The van der Waals surface area contributed by atoms with Crippen molar-refractivity contribution in [3.8, 4) is 5.75 Å². The number of Topliss-reactive ketones (excluding diaryl/α,β-unsaturated/α-hetero) is 1. The van der Waals surface area contributed by atoms with Crippen molar-refractivity contribution in [1.29, 1.82) is 0 Å². The van der Waals surface area contributed by atoms with Crippen LogP contribution in [0.5, 0.6) is 5.75 Å². The molecule has 2 aromatic carbocycles. The van der Waals surface area contributed by atoms with Gasteiger partial charge in [-0.25, -0.2) is 4.68 Å². The lowest BCUT2D eigenvalue weighted by Gasteiger charge is -2.16. The first-order chi connectivity index (χ1) is 17.3. The molecule has 36 heavy (non-hydrogen) atoms. The largest absolute Gasteiger partial charge is 0.497 e. The van der Waals surface area contributed by atoms with Crippen LogP contribution < -0.4 is 10.1 Å². The number of carbonyl (C=O) groups is 3. The lowest BCUT2D eigenvalue weighted by molar-refractivity contribution is -0.139. The highest BCUT2D eigenvalue weighted by Crippen LogP contribution is 2.37. The van der Waals surface area contributed by atoms with E-state index >= 15 is 0 Å². The molecular formula is C22H21Cl2N5O5S2. The van der Waals surface area contributed by atoms with Gasteiger partial charge in [0.1, 0.15) is 18.3 Å². The van der Waals surface area contributed by atoms with E-state index in [9.17, 15) is 19.5 Å². The highest BCUT2D eigenvalue weighted by molar-refractivity contribution is 8.13. The first-order valence-electron chi connectivity index (χ1n) is 10.5. The van der Waals surface area contributed by atoms with Crippen molar-refractivity contribution in [2.75, 3.05) is 12.9 Å². The van der Waals surface area contributed by atoms with E-state index in [0.29, 0.717) is 27.1 Å². The average molecular weight is 570 g/mol. The van der Waals surface area contributed by atoms with Crippen molar-refractivity contribution < 1.29 is 24.2 Å². The molecule has 0 saturated heterocycles. The van der Waals surface area contributed by atoms with Crippen molar-refractivity contribution in [2.24, 2.45) is 0 Å². The molecule has 1 aromatic heterocycles. The quantitative estimate of drug-likeness (QED) is 0.325. The van der Waals surface area contributed by atoms with Gasteiger partial charge in [0.05, 0.1) is 28.5 Å². The van der Waals surface area contributed by atoms with Gasteiger partial charge in [-0.1, -0.05) is 53.2 Å². The van der Waals surface area contributed by atoms with E-state index in [1.54, 1.807) is 25.3 Å². The number of aryl methyl sites for hydroxylation is 1. The van der Waals surface area contributed by atoms with Crippen molar-refractivity contribution in [3.63, 3.8) is 0 Å². The first kappa shape index (κ1) is 27.8. The number of rotatable bonds is 12. The van der Waals surface area contributed by atoms with E-state index in [-0.39, 0.29) is 11.7 Å². The third-order valence-electron chi connectivity index (χ3n) is 4.76. The third kappa shape index (κ3) is 8.12. The molecular weight excluding hydrogens is 549 g/mol. The number of methoxy groups -OCH3 is 1. The van der Waals surface area contributed by atoms with Crippen LogP contribution in [0.25, 0.3) is 0 Å². The van der Waals surface area contributed by atoms with Gasteiger partial charge in [0.15, 0.2) is 5.78 Å². The number of thioether (sulfide) groups is 1. The number of benzene rings is 2. The summed E-state index contributed by atoms with van der Waals surface area (Å²) in [4.78, 5) is 37.2. The molecule has 0 fully saturated rings. The number of amides is 1. The molecule has 1 atom stereocenters. The fourth-order valence-corrected chi connectivity index (χ4v) is 5.13. The maximum Gasteiger partial charge on any atom is 0.305 e. The lowest BCUT2D eigenvalue weighted by Crippen LogP contribution is -2.42. The van der Waals surface area contributed by atoms with Gasteiger partial charge in [-0.3, -0.25) is 14.4 Å². The monoisotopic (exact) mass is 569 g/mol. The van der Waals surface area contributed by atoms with Crippen molar-refractivity contribution in [2.45, 2.75) is 35.5 Å². The second-order valence-corrected chi connectivity index (χ2v) is 10.1. The highest BCUT2D eigenvalue weighted by atomic mass is 35.5. The number of ketones is 1. The van der Waals surface area contributed by atoms with Crippen molar-refractivity contribution >= 4 is 63.7 Å². The van der Waals surface area contributed by atoms with E-state index in [1.165, 1.54) is 4.68 Å². The number of nitrogens with zero attached hydrogens (tertiary/aromatic N) is 4. The summed E-state index contributed by atoms with van der Waals surface area (Å²) in [6, 6.07) is 11.2. The molecule has 1 heterocycles. The highest BCUT2D eigenvalue weighted by Gasteiger charge is 2.26. The normalized spacial score (nSPS) is 11.6. The number of carbonyl (C=O) groups excluding carboxylic acids is 2. The van der Waals surface area contributed by atoms with Gasteiger partial charge < -0.3 is 15.2 Å². The van der Waals surface area contributed by atoms with Gasteiger partial charge in [0.2, 0.25) is 5.16 Å². The Morgan fingerprint density at radius 1 is 1.14 bits per heavy atom. The van der Waals surface area contributed by atoms with Crippen LogP contribution in [-0.4, -0.2) is 61.2 Å². The van der Waals surface area contributed by atoms with Crippen molar-refractivity contribution in [3.05, 3.63) is 58.1 Å². The summed E-state index contributed by atoms with van der Waals surface area (Å²) in [7, 11) is 1.58. The summed E-state index contributed by atoms with van der Waals surface area (Å²) in [6.07, 6.45) is 0.0278. The molecule has 0 bridgehead atoms. The SMILES string of the molecule is COc1ccc(CCSC(=O)NC(CC(=O)O)C(=O)Cn2nnnc2Sc2c(Cl)cccc2Cl)cc1. The Morgan fingerprint density at radius 2 is 1.83 bits per heavy atom. The van der Waals surface area contributed by atoms with Gasteiger partial charge in [-0.05, 0) is 58.4 Å². The van der Waals surface area contributed by atoms with E-state index in [1.807, 2.05) is 24.3 Å². The van der Waals surface area contributed by atoms with Gasteiger partial charge in [0, 0.05) is 5.75 Å². The third-order valence-corrected chi connectivity index (χ3v) is 7.52. The molecule has 0 aliphatic rings. The average Bonchev–Trinajstić information content (AvgIpc) is 3.27. The second-order valence-electron chi connectivity index (χ2n) is 7.27. The molecule has 3 aromatic rings. The van der Waals surface area contributed by atoms with E-state index in [0.717, 1.165) is 34.8 Å². The number of halogens is 2. The fourth-order valence-electron chi connectivity index (χ4n) is 2.96. The molecule has 1 amide bonds. The summed E-state index contributed by atoms with van der Waals surface area (Å²) in [5.74, 6) is -0.622. The van der Waals surface area contributed by atoms with Crippen LogP contribution in [0, 0.1) is 0 Å². The summed E-state index contributed by atoms with van der Waals surface area (Å²) >= 11 is 14.4. The number of tetrazole rings is 1. The van der Waals surface area contributed by atoms with Crippen LogP contribution in [-0.2, 0) is 22.6 Å². The molecule has 0 radical (unpaired) electrons. The van der Waals surface area contributed by atoms with Crippen molar-refractivity contribution in [1.82, 2.24) is 25.5 Å². The molecule has 1 unspecified atom stereocenters. The Morgan fingerprint density at radius 3 is 2.47 bits per heavy atom. The van der Waals surface area contributed by atoms with E-state index in [2.05, 4.69) is 20.8 Å². The van der Waals surface area contributed by atoms with Gasteiger partial charge in [-0.2, -0.15) is 0 Å². The molecule has 190 valence electrons. The summed E-state index contributed by atoms with van der Waals surface area (Å²) < 4.78 is 6.32. The minimum atomic E-state index is -1.26. The molecule has 0 aliphatic heterocycles. The number of hydrogen-bond acceptors (Lipinski definition) is 9. The molecule has 0 aliphatic carbocycles. The van der Waals surface area contributed by atoms with Gasteiger partial charge >= 0.3 is 5.97 Å². The lowest BCUT2D eigenvalue weighted by atomic mass is 10.1. The number of carboxylic acid groups (broad SMARTS) is 1. The first-order valence-corrected chi connectivity index (χ1v) is 13.0. The smallest absolute Gasteiger partial charge is 0.305 e. The van der Waals surface area contributed by atoms with Crippen LogP contribution in [0.15, 0.2) is 52.5 Å². The second kappa shape index (κ2) is 13.5. The minimum absolute atomic E-state index is 0.229. The molecule has 10 nitrogen and oxygen atoms in total. The van der Waals surface area contributed by atoms with E-state index < -0.39 is 29.5 Å². The Hall–Kier alpha value is -2.80. The Kier molecular flexibility index (Phi) is 10.4. The zero-order chi connectivity index (χ0) is 26.1. The predicted molar refractivity (Wildman–Crippen MR) is 137 cm³/mol. The minimum Gasteiger partial charge on any atom is -0.497 e. The molecule has 3 rings (SSSR count). The summed E-state index contributed by atoms with van der Waals surface area (Å²) in [5.41, 5.74) is 1.01. The van der Waals surface area contributed by atoms with Gasteiger partial charge in [0.25, 0.3) is 5.24 Å². The van der Waals surface area contributed by atoms with Crippen LogP contribution in [0.4, 0.5) is 4.79 Å².